The first-order valence-electron chi connectivity index (χ1n) is 8.99. The largest absolute Gasteiger partial charge is 0.497 e. The van der Waals surface area contributed by atoms with Gasteiger partial charge in [-0.25, -0.2) is 0 Å². The number of hydrogen-bond donors (Lipinski definition) is 1. The van der Waals surface area contributed by atoms with Crippen LogP contribution in [0.3, 0.4) is 0 Å². The molecule has 0 fully saturated rings. The summed E-state index contributed by atoms with van der Waals surface area (Å²) in [5, 5.41) is 3.60. The van der Waals surface area contributed by atoms with Gasteiger partial charge >= 0.3 is 0 Å². The molecule has 28 heavy (non-hydrogen) atoms. The predicted octanol–water partition coefficient (Wildman–Crippen LogP) is 4.10. The molecule has 2 aromatic carbocycles. The highest BCUT2D eigenvalue weighted by atomic mass is 35.5. The number of likely N-dealkylation sites (N-methyl/N-ethyl adjacent to an activating group) is 1. The summed E-state index contributed by atoms with van der Waals surface area (Å²) < 4.78 is 5.25. The standard InChI is InChI=1S/C21H24Cl2N2O3/c1-4-24-21(27)14(2)25(13-16-6-5-7-17(10-16)28-3)20(26)12-15-8-9-18(22)19(23)11-15/h5-11,14H,4,12-13H2,1-3H3,(H,24,27)/t14-/m0/s1. The minimum atomic E-state index is -0.624. The van der Waals surface area contributed by atoms with Crippen LogP contribution in [0.2, 0.25) is 10.0 Å². The summed E-state index contributed by atoms with van der Waals surface area (Å²) in [5.41, 5.74) is 1.61. The maximum atomic E-state index is 13.1. The van der Waals surface area contributed by atoms with Gasteiger partial charge in [-0.15, -0.1) is 0 Å². The van der Waals surface area contributed by atoms with Crippen molar-refractivity contribution >= 4 is 35.0 Å². The number of ether oxygens (including phenoxy) is 1. The Hall–Kier alpha value is -2.24. The van der Waals surface area contributed by atoms with E-state index in [-0.39, 0.29) is 24.8 Å². The molecule has 2 aromatic rings. The molecular weight excluding hydrogens is 399 g/mol. The van der Waals surface area contributed by atoms with Gasteiger partial charge in [-0.1, -0.05) is 41.4 Å². The molecule has 0 saturated heterocycles. The smallest absolute Gasteiger partial charge is 0.242 e. The Bertz CT molecular complexity index is 842. The van der Waals surface area contributed by atoms with Gasteiger partial charge in [-0.2, -0.15) is 0 Å². The summed E-state index contributed by atoms with van der Waals surface area (Å²) in [4.78, 5) is 27.0. The molecule has 0 aliphatic rings. The van der Waals surface area contributed by atoms with E-state index in [1.165, 1.54) is 0 Å². The molecule has 1 N–H and O–H groups in total. The lowest BCUT2D eigenvalue weighted by Crippen LogP contribution is -2.48. The van der Waals surface area contributed by atoms with Crippen LogP contribution in [0.15, 0.2) is 42.5 Å². The second kappa shape index (κ2) is 10.3. The molecule has 5 nitrogen and oxygen atoms in total. The highest BCUT2D eigenvalue weighted by molar-refractivity contribution is 6.42. The van der Waals surface area contributed by atoms with Crippen molar-refractivity contribution in [1.29, 1.82) is 0 Å². The number of amides is 2. The molecule has 0 radical (unpaired) electrons. The fourth-order valence-electron chi connectivity index (χ4n) is 2.80. The highest BCUT2D eigenvalue weighted by Crippen LogP contribution is 2.23. The molecule has 150 valence electrons. The lowest BCUT2D eigenvalue weighted by molar-refractivity contribution is -0.140. The third-order valence-electron chi connectivity index (χ3n) is 4.34. The maximum Gasteiger partial charge on any atom is 0.242 e. The first kappa shape index (κ1) is 22.1. The Morgan fingerprint density at radius 2 is 1.86 bits per heavy atom. The molecular formula is C21H24Cl2N2O3. The molecule has 1 atom stereocenters. The van der Waals surface area contributed by atoms with Crippen molar-refractivity contribution in [2.45, 2.75) is 32.9 Å². The Morgan fingerprint density at radius 3 is 2.50 bits per heavy atom. The molecule has 2 rings (SSSR count). The van der Waals surface area contributed by atoms with Crippen LogP contribution in [0.5, 0.6) is 5.75 Å². The van der Waals surface area contributed by atoms with Crippen LogP contribution in [-0.4, -0.2) is 36.4 Å². The van der Waals surface area contributed by atoms with Gasteiger partial charge in [-0.05, 0) is 49.2 Å². The Balaban J connectivity index is 2.26. The molecule has 0 bridgehead atoms. The van der Waals surface area contributed by atoms with Crippen LogP contribution in [0.25, 0.3) is 0 Å². The van der Waals surface area contributed by atoms with E-state index in [1.807, 2.05) is 31.2 Å². The molecule has 0 spiro atoms. The number of carbonyl (C=O) groups excluding carboxylic acids is 2. The van der Waals surface area contributed by atoms with Gasteiger partial charge < -0.3 is 15.0 Å². The molecule has 0 heterocycles. The van der Waals surface area contributed by atoms with Gasteiger partial charge in [-0.3, -0.25) is 9.59 Å². The highest BCUT2D eigenvalue weighted by Gasteiger charge is 2.26. The van der Waals surface area contributed by atoms with E-state index >= 15 is 0 Å². The van der Waals surface area contributed by atoms with E-state index in [9.17, 15) is 9.59 Å². The fourth-order valence-corrected chi connectivity index (χ4v) is 3.12. The minimum absolute atomic E-state index is 0.116. The molecule has 7 heteroatoms. The Kier molecular flexibility index (Phi) is 8.15. The third-order valence-corrected chi connectivity index (χ3v) is 5.08. The molecule has 0 aliphatic carbocycles. The van der Waals surface area contributed by atoms with Gasteiger partial charge in [0.05, 0.1) is 23.6 Å². The lowest BCUT2D eigenvalue weighted by atomic mass is 10.1. The lowest BCUT2D eigenvalue weighted by Gasteiger charge is -2.29. The first-order valence-corrected chi connectivity index (χ1v) is 9.75. The molecule has 0 aromatic heterocycles. The van der Waals surface area contributed by atoms with E-state index < -0.39 is 6.04 Å². The summed E-state index contributed by atoms with van der Waals surface area (Å²) >= 11 is 12.0. The van der Waals surface area contributed by atoms with Crippen molar-refractivity contribution in [3.63, 3.8) is 0 Å². The number of hydrogen-bond acceptors (Lipinski definition) is 3. The summed E-state index contributed by atoms with van der Waals surface area (Å²) in [6.07, 6.45) is 0.116. The van der Waals surface area contributed by atoms with Gasteiger partial charge in [0.1, 0.15) is 11.8 Å². The van der Waals surface area contributed by atoms with Crippen LogP contribution in [0, 0.1) is 0 Å². The summed E-state index contributed by atoms with van der Waals surface area (Å²) in [5.74, 6) is 0.313. The van der Waals surface area contributed by atoms with Crippen LogP contribution in [-0.2, 0) is 22.6 Å². The predicted molar refractivity (Wildman–Crippen MR) is 112 cm³/mol. The molecule has 0 unspecified atom stereocenters. The van der Waals surface area contributed by atoms with Crippen molar-refractivity contribution < 1.29 is 14.3 Å². The van der Waals surface area contributed by atoms with Gasteiger partial charge in [0, 0.05) is 13.1 Å². The van der Waals surface area contributed by atoms with E-state index in [0.717, 1.165) is 11.1 Å². The Morgan fingerprint density at radius 1 is 1.11 bits per heavy atom. The van der Waals surface area contributed by atoms with Crippen molar-refractivity contribution in [3.05, 3.63) is 63.6 Å². The van der Waals surface area contributed by atoms with Crippen molar-refractivity contribution in [1.82, 2.24) is 10.2 Å². The number of rotatable bonds is 8. The fraction of sp³-hybridized carbons (Fsp3) is 0.333. The number of nitrogens with one attached hydrogen (secondary N) is 1. The summed E-state index contributed by atoms with van der Waals surface area (Å²) in [7, 11) is 1.59. The minimum Gasteiger partial charge on any atom is -0.497 e. The number of nitrogens with zero attached hydrogens (tertiary/aromatic N) is 1. The van der Waals surface area contributed by atoms with Gasteiger partial charge in [0.15, 0.2) is 0 Å². The number of methoxy groups -OCH3 is 1. The van der Waals surface area contributed by atoms with E-state index in [0.29, 0.717) is 22.3 Å². The summed E-state index contributed by atoms with van der Waals surface area (Å²) in [6.45, 7) is 4.35. The molecule has 0 saturated carbocycles. The van der Waals surface area contributed by atoms with Crippen molar-refractivity contribution in [2.24, 2.45) is 0 Å². The quantitative estimate of drug-likeness (QED) is 0.696. The van der Waals surface area contributed by atoms with Gasteiger partial charge in [0.25, 0.3) is 0 Å². The zero-order valence-electron chi connectivity index (χ0n) is 16.2. The van der Waals surface area contributed by atoms with Crippen LogP contribution in [0.4, 0.5) is 0 Å². The monoisotopic (exact) mass is 422 g/mol. The van der Waals surface area contributed by atoms with Crippen molar-refractivity contribution in [2.75, 3.05) is 13.7 Å². The van der Waals surface area contributed by atoms with Crippen LogP contribution < -0.4 is 10.1 Å². The van der Waals surface area contributed by atoms with Crippen LogP contribution >= 0.6 is 23.2 Å². The SMILES string of the molecule is CCNC(=O)[C@H](C)N(Cc1cccc(OC)c1)C(=O)Cc1ccc(Cl)c(Cl)c1. The van der Waals surface area contributed by atoms with E-state index in [4.69, 9.17) is 27.9 Å². The van der Waals surface area contributed by atoms with Crippen LogP contribution in [0.1, 0.15) is 25.0 Å². The maximum absolute atomic E-state index is 13.1. The van der Waals surface area contributed by atoms with Crippen molar-refractivity contribution in [3.8, 4) is 5.75 Å². The second-order valence-corrected chi connectivity index (χ2v) is 7.18. The average molecular weight is 423 g/mol. The zero-order valence-corrected chi connectivity index (χ0v) is 17.7. The van der Waals surface area contributed by atoms with E-state index in [2.05, 4.69) is 5.32 Å². The number of halogens is 2. The molecule has 2 amide bonds. The van der Waals surface area contributed by atoms with E-state index in [1.54, 1.807) is 37.1 Å². The second-order valence-electron chi connectivity index (χ2n) is 6.37. The topological polar surface area (TPSA) is 58.6 Å². The first-order chi connectivity index (χ1) is 13.3. The Labute approximate surface area is 175 Å². The summed E-state index contributed by atoms with van der Waals surface area (Å²) in [6, 6.07) is 11.9. The normalized spacial score (nSPS) is 11.6. The van der Waals surface area contributed by atoms with Gasteiger partial charge in [0.2, 0.25) is 11.8 Å². The average Bonchev–Trinajstić information content (AvgIpc) is 2.68. The molecule has 0 aliphatic heterocycles. The third kappa shape index (κ3) is 5.88. The number of carbonyl (C=O) groups is 2. The zero-order chi connectivity index (χ0) is 20.7. The number of benzene rings is 2.